The fourth-order valence-corrected chi connectivity index (χ4v) is 5.21. The van der Waals surface area contributed by atoms with Gasteiger partial charge in [0.25, 0.3) is 10.0 Å². The summed E-state index contributed by atoms with van der Waals surface area (Å²) in [5.41, 5.74) is 0. The van der Waals surface area contributed by atoms with Crippen LogP contribution < -0.4 is 10.6 Å². The zero-order valence-electron chi connectivity index (χ0n) is 18.0. The van der Waals surface area contributed by atoms with E-state index in [4.69, 9.17) is 0 Å². The molecule has 1 aromatic heterocycles. The Morgan fingerprint density at radius 2 is 1.75 bits per heavy atom. The molecule has 0 spiro atoms. The fourth-order valence-electron chi connectivity index (χ4n) is 2.74. The van der Waals surface area contributed by atoms with Crippen molar-refractivity contribution in [2.24, 2.45) is 4.99 Å². The Kier molecular flexibility index (Phi) is 12.8. The molecule has 0 saturated carbocycles. The van der Waals surface area contributed by atoms with Crippen LogP contribution in [0.15, 0.2) is 21.3 Å². The molecule has 10 heteroatoms. The van der Waals surface area contributed by atoms with Crippen LogP contribution in [0.25, 0.3) is 0 Å². The molecule has 2 N–H and O–H groups in total. The van der Waals surface area contributed by atoms with Crippen LogP contribution in [0.4, 0.5) is 0 Å². The highest BCUT2D eigenvalue weighted by Crippen LogP contribution is 2.23. The van der Waals surface area contributed by atoms with Gasteiger partial charge in [-0.05, 0) is 46.2 Å². The second-order valence-electron chi connectivity index (χ2n) is 7.14. The molecule has 28 heavy (non-hydrogen) atoms. The van der Waals surface area contributed by atoms with Crippen LogP contribution in [0.2, 0.25) is 0 Å². The molecule has 1 aromatic rings. The number of aliphatic imine (C=N–C) groups is 1. The molecule has 0 aliphatic rings. The van der Waals surface area contributed by atoms with Gasteiger partial charge in [-0.15, -0.1) is 35.3 Å². The topological polar surface area (TPSA) is 77.0 Å². The summed E-state index contributed by atoms with van der Waals surface area (Å²) in [4.78, 5) is 7.65. The number of guanidine groups is 1. The normalized spacial score (nSPS) is 12.8. The van der Waals surface area contributed by atoms with E-state index in [0.717, 1.165) is 30.3 Å². The Hall–Kier alpha value is -0.430. The quantitative estimate of drug-likeness (QED) is 0.205. The zero-order chi connectivity index (χ0) is 20.6. The van der Waals surface area contributed by atoms with Crippen LogP contribution in [-0.2, 0) is 16.6 Å². The van der Waals surface area contributed by atoms with Crippen molar-refractivity contribution in [2.45, 2.75) is 57.0 Å². The summed E-state index contributed by atoms with van der Waals surface area (Å²) in [6, 6.07) is 4.56. The van der Waals surface area contributed by atoms with Gasteiger partial charge in [0.2, 0.25) is 0 Å². The van der Waals surface area contributed by atoms with Gasteiger partial charge in [0.1, 0.15) is 4.21 Å². The number of rotatable bonds is 10. The van der Waals surface area contributed by atoms with Gasteiger partial charge in [-0.2, -0.15) is 0 Å². The molecular formula is C18H36IN5O2S2. The first-order chi connectivity index (χ1) is 12.6. The highest BCUT2D eigenvalue weighted by atomic mass is 127. The highest BCUT2D eigenvalue weighted by Gasteiger charge is 2.19. The Balaban J connectivity index is 0.00000729. The number of nitrogens with zero attached hydrogens (tertiary/aromatic N) is 3. The predicted molar refractivity (Wildman–Crippen MR) is 130 cm³/mol. The molecule has 1 rings (SSSR count). The lowest BCUT2D eigenvalue weighted by atomic mass is 10.2. The van der Waals surface area contributed by atoms with Crippen LogP contribution in [0.5, 0.6) is 0 Å². The van der Waals surface area contributed by atoms with E-state index in [1.807, 2.05) is 6.07 Å². The second-order valence-corrected chi connectivity index (χ2v) is 10.7. The van der Waals surface area contributed by atoms with Crippen molar-refractivity contribution in [3.05, 3.63) is 17.0 Å². The first-order valence-electron chi connectivity index (χ1n) is 9.31. The van der Waals surface area contributed by atoms with Crippen LogP contribution in [0, 0.1) is 0 Å². The number of sulfonamides is 1. The third-order valence-corrected chi connectivity index (χ3v) is 7.61. The number of hydrogen-bond acceptors (Lipinski definition) is 5. The van der Waals surface area contributed by atoms with E-state index < -0.39 is 10.0 Å². The second kappa shape index (κ2) is 13.0. The summed E-state index contributed by atoms with van der Waals surface area (Å²) in [6.45, 7) is 11.3. The van der Waals surface area contributed by atoms with Crippen molar-refractivity contribution >= 4 is 51.3 Å². The third-order valence-electron chi connectivity index (χ3n) is 4.24. The van der Waals surface area contributed by atoms with Crippen molar-refractivity contribution in [3.8, 4) is 0 Å². The lowest BCUT2D eigenvalue weighted by Gasteiger charge is -2.30. The molecule has 0 unspecified atom stereocenters. The predicted octanol–water partition coefficient (Wildman–Crippen LogP) is 2.79. The molecule has 7 nitrogen and oxygen atoms in total. The van der Waals surface area contributed by atoms with Crippen molar-refractivity contribution in [3.63, 3.8) is 0 Å². The van der Waals surface area contributed by atoms with Crippen LogP contribution in [-0.4, -0.2) is 69.9 Å². The maximum absolute atomic E-state index is 12.1. The molecule has 0 aromatic carbocycles. The lowest BCUT2D eigenvalue weighted by molar-refractivity contribution is 0.173. The Morgan fingerprint density at radius 1 is 1.14 bits per heavy atom. The minimum Gasteiger partial charge on any atom is -0.356 e. The largest absolute Gasteiger partial charge is 0.356 e. The minimum atomic E-state index is -3.37. The van der Waals surface area contributed by atoms with E-state index in [2.05, 4.69) is 48.2 Å². The van der Waals surface area contributed by atoms with Gasteiger partial charge >= 0.3 is 0 Å². The summed E-state index contributed by atoms with van der Waals surface area (Å²) in [5, 5.41) is 6.56. The number of halogens is 1. The average Bonchev–Trinajstić information content (AvgIpc) is 3.06. The molecule has 0 aliphatic heterocycles. The molecule has 0 fully saturated rings. The minimum absolute atomic E-state index is 0. The molecule has 0 saturated heterocycles. The van der Waals surface area contributed by atoms with Crippen LogP contribution >= 0.6 is 35.3 Å². The van der Waals surface area contributed by atoms with Gasteiger partial charge in [0.05, 0.1) is 6.54 Å². The smallest absolute Gasteiger partial charge is 0.252 e. The SMILES string of the molecule is CN=C(NCCCN(C(C)C)C(C)C)NCc1ccc(S(=O)(=O)N(C)C)s1.I. The monoisotopic (exact) mass is 545 g/mol. The van der Waals surface area contributed by atoms with Gasteiger partial charge in [0.15, 0.2) is 5.96 Å². The number of thiophene rings is 1. The standard InChI is InChI=1S/C18H35N5O2S2.HI/c1-14(2)23(15(3)4)12-8-11-20-18(19-5)21-13-16-9-10-17(26-16)27(24,25)22(6)7;/h9-10,14-15H,8,11-13H2,1-7H3,(H2,19,20,21);1H. The lowest BCUT2D eigenvalue weighted by Crippen LogP contribution is -2.41. The van der Waals surface area contributed by atoms with Crippen molar-refractivity contribution in [2.75, 3.05) is 34.2 Å². The first kappa shape index (κ1) is 27.6. The van der Waals surface area contributed by atoms with Crippen molar-refractivity contribution in [1.82, 2.24) is 19.8 Å². The van der Waals surface area contributed by atoms with E-state index in [9.17, 15) is 8.42 Å². The van der Waals surface area contributed by atoms with E-state index in [-0.39, 0.29) is 24.0 Å². The summed E-state index contributed by atoms with van der Waals surface area (Å²) >= 11 is 1.28. The van der Waals surface area contributed by atoms with E-state index in [0.29, 0.717) is 22.8 Å². The third kappa shape index (κ3) is 8.52. The highest BCUT2D eigenvalue weighted by molar-refractivity contribution is 14.0. The maximum atomic E-state index is 12.1. The van der Waals surface area contributed by atoms with Gasteiger partial charge in [-0.25, -0.2) is 12.7 Å². The Labute approximate surface area is 192 Å². The van der Waals surface area contributed by atoms with E-state index in [1.165, 1.54) is 15.6 Å². The Morgan fingerprint density at radius 3 is 2.25 bits per heavy atom. The molecular weight excluding hydrogens is 509 g/mol. The van der Waals surface area contributed by atoms with E-state index >= 15 is 0 Å². The van der Waals surface area contributed by atoms with Crippen molar-refractivity contribution < 1.29 is 8.42 Å². The van der Waals surface area contributed by atoms with Gasteiger partial charge in [-0.1, -0.05) is 0 Å². The molecule has 0 atom stereocenters. The summed E-state index contributed by atoms with van der Waals surface area (Å²) in [6.07, 6.45) is 1.03. The molecule has 0 bridgehead atoms. The maximum Gasteiger partial charge on any atom is 0.252 e. The van der Waals surface area contributed by atoms with E-state index in [1.54, 1.807) is 27.2 Å². The van der Waals surface area contributed by atoms with Gasteiger partial charge in [-0.3, -0.25) is 9.89 Å². The molecule has 164 valence electrons. The average molecular weight is 546 g/mol. The van der Waals surface area contributed by atoms with Crippen LogP contribution in [0.1, 0.15) is 39.0 Å². The number of nitrogens with one attached hydrogen (secondary N) is 2. The summed E-state index contributed by atoms with van der Waals surface area (Å²) in [5.74, 6) is 0.723. The van der Waals surface area contributed by atoms with Crippen LogP contribution in [0.3, 0.4) is 0 Å². The molecule has 0 amide bonds. The fraction of sp³-hybridized carbons (Fsp3) is 0.722. The van der Waals surface area contributed by atoms with Gasteiger partial charge < -0.3 is 10.6 Å². The molecule has 0 radical (unpaired) electrons. The Bertz CT molecular complexity index is 695. The summed E-state index contributed by atoms with van der Waals surface area (Å²) < 4.78 is 25.9. The number of hydrogen-bond donors (Lipinski definition) is 2. The van der Waals surface area contributed by atoms with Gasteiger partial charge in [0, 0.05) is 51.2 Å². The molecule has 1 heterocycles. The first-order valence-corrected chi connectivity index (χ1v) is 11.6. The molecule has 0 aliphatic carbocycles. The summed E-state index contributed by atoms with van der Waals surface area (Å²) in [7, 11) is 1.45. The zero-order valence-corrected chi connectivity index (χ0v) is 22.0. The van der Waals surface area contributed by atoms with Crippen molar-refractivity contribution in [1.29, 1.82) is 0 Å².